The molecule has 7 heteroatoms. The van der Waals surface area contributed by atoms with Crippen molar-refractivity contribution < 1.29 is 18.3 Å². The molecule has 2 aromatic rings. The first-order valence-corrected chi connectivity index (χ1v) is 8.89. The van der Waals surface area contributed by atoms with E-state index in [1.807, 2.05) is 24.3 Å². The van der Waals surface area contributed by atoms with E-state index in [-0.39, 0.29) is 17.5 Å². The molecule has 3 rings (SSSR count). The van der Waals surface area contributed by atoms with Gasteiger partial charge in [-0.15, -0.1) is 11.3 Å². The third-order valence-electron chi connectivity index (χ3n) is 3.35. The predicted molar refractivity (Wildman–Crippen MR) is 79.9 cm³/mol. The van der Waals surface area contributed by atoms with Crippen molar-refractivity contribution in [3.8, 4) is 5.75 Å². The van der Waals surface area contributed by atoms with E-state index in [2.05, 4.69) is 4.72 Å². The number of hydrogen-bond donors (Lipinski definition) is 2. The molecule has 21 heavy (non-hydrogen) atoms. The Balaban J connectivity index is 1.86. The van der Waals surface area contributed by atoms with Crippen molar-refractivity contribution in [3.05, 3.63) is 46.2 Å². The zero-order chi connectivity index (χ0) is 14.9. The highest BCUT2D eigenvalue weighted by molar-refractivity contribution is 7.89. The Bertz CT molecular complexity index is 739. The van der Waals surface area contributed by atoms with Gasteiger partial charge < -0.3 is 9.84 Å². The lowest BCUT2D eigenvalue weighted by atomic mass is 10.0. The number of sulfonamides is 1. The number of aliphatic hydroxyl groups excluding tert-OH is 1. The molecule has 0 aliphatic carbocycles. The first-order valence-electron chi connectivity index (χ1n) is 6.52. The summed E-state index contributed by atoms with van der Waals surface area (Å²) >= 11 is 1.23. The largest absolute Gasteiger partial charge is 0.493 e. The fourth-order valence-corrected chi connectivity index (χ4v) is 4.69. The molecule has 5 nitrogen and oxygen atoms in total. The third kappa shape index (κ3) is 2.96. The van der Waals surface area contributed by atoms with Crippen molar-refractivity contribution in [2.24, 2.45) is 0 Å². The minimum absolute atomic E-state index is 0.152. The van der Waals surface area contributed by atoms with Gasteiger partial charge in [0, 0.05) is 22.2 Å². The Kier molecular flexibility index (Phi) is 3.99. The molecule has 0 amide bonds. The van der Waals surface area contributed by atoms with Gasteiger partial charge in [-0.1, -0.05) is 18.2 Å². The van der Waals surface area contributed by atoms with E-state index in [0.29, 0.717) is 17.9 Å². The number of thiophene rings is 1. The van der Waals surface area contributed by atoms with Gasteiger partial charge in [0.05, 0.1) is 24.2 Å². The topological polar surface area (TPSA) is 75.6 Å². The maximum Gasteiger partial charge on any atom is 0.241 e. The van der Waals surface area contributed by atoms with Crippen LogP contribution in [-0.4, -0.2) is 20.1 Å². The lowest BCUT2D eigenvalue weighted by Crippen LogP contribution is -2.32. The minimum Gasteiger partial charge on any atom is -0.493 e. The zero-order valence-corrected chi connectivity index (χ0v) is 12.8. The van der Waals surface area contributed by atoms with E-state index in [0.717, 1.165) is 11.3 Å². The van der Waals surface area contributed by atoms with Crippen LogP contribution in [0, 0.1) is 0 Å². The molecule has 2 heterocycles. The second-order valence-electron chi connectivity index (χ2n) is 4.76. The van der Waals surface area contributed by atoms with E-state index >= 15 is 0 Å². The molecule has 1 aliphatic heterocycles. The summed E-state index contributed by atoms with van der Waals surface area (Å²) in [6.07, 6.45) is 0.591. The van der Waals surface area contributed by atoms with Crippen molar-refractivity contribution in [2.45, 2.75) is 24.0 Å². The first-order chi connectivity index (χ1) is 10.1. The predicted octanol–water partition coefficient (Wildman–Crippen LogP) is 2.04. The Morgan fingerprint density at radius 2 is 2.19 bits per heavy atom. The van der Waals surface area contributed by atoms with Crippen molar-refractivity contribution in [1.82, 2.24) is 4.72 Å². The summed E-state index contributed by atoms with van der Waals surface area (Å²) in [5.41, 5.74) is 0.852. The van der Waals surface area contributed by atoms with Gasteiger partial charge in [-0.3, -0.25) is 0 Å². The lowest BCUT2D eigenvalue weighted by molar-refractivity contribution is 0.263. The van der Waals surface area contributed by atoms with E-state index in [9.17, 15) is 8.42 Å². The molecule has 1 aliphatic rings. The molecule has 0 fully saturated rings. The SMILES string of the molecule is O=S(=O)(NC1CCOc2ccccc21)c1csc(CO)c1. The zero-order valence-electron chi connectivity index (χ0n) is 11.2. The lowest BCUT2D eigenvalue weighted by Gasteiger charge is -2.26. The highest BCUT2D eigenvalue weighted by Crippen LogP contribution is 2.33. The molecule has 2 N–H and O–H groups in total. The molecule has 0 radical (unpaired) electrons. The summed E-state index contributed by atoms with van der Waals surface area (Å²) in [6.45, 7) is 0.329. The molecule has 0 bridgehead atoms. The van der Waals surface area contributed by atoms with E-state index in [1.165, 1.54) is 17.4 Å². The van der Waals surface area contributed by atoms with Gasteiger partial charge >= 0.3 is 0 Å². The molecular weight excluding hydrogens is 310 g/mol. The molecule has 0 saturated carbocycles. The molecule has 1 aromatic carbocycles. The van der Waals surface area contributed by atoms with Crippen LogP contribution in [0.1, 0.15) is 22.9 Å². The second kappa shape index (κ2) is 5.76. The Morgan fingerprint density at radius 3 is 2.95 bits per heavy atom. The summed E-state index contributed by atoms with van der Waals surface area (Å²) in [5.74, 6) is 0.720. The maximum absolute atomic E-state index is 12.4. The van der Waals surface area contributed by atoms with Crippen LogP contribution in [0.4, 0.5) is 0 Å². The molecule has 1 unspecified atom stereocenters. The molecule has 112 valence electrons. The van der Waals surface area contributed by atoms with Gasteiger partial charge in [-0.2, -0.15) is 0 Å². The number of benzene rings is 1. The van der Waals surface area contributed by atoms with E-state index in [1.54, 1.807) is 5.38 Å². The molecule has 1 aromatic heterocycles. The van der Waals surface area contributed by atoms with Crippen LogP contribution in [0.2, 0.25) is 0 Å². The summed E-state index contributed by atoms with van der Waals surface area (Å²) in [6, 6.07) is 8.64. The van der Waals surface area contributed by atoms with Crippen LogP contribution in [0.3, 0.4) is 0 Å². The van der Waals surface area contributed by atoms with Gasteiger partial charge in [-0.25, -0.2) is 13.1 Å². The highest BCUT2D eigenvalue weighted by Gasteiger charge is 2.27. The highest BCUT2D eigenvalue weighted by atomic mass is 32.2. The summed E-state index contributed by atoms with van der Waals surface area (Å²) in [4.78, 5) is 0.822. The first kappa shape index (κ1) is 14.5. The van der Waals surface area contributed by atoms with Crippen molar-refractivity contribution in [2.75, 3.05) is 6.61 Å². The average molecular weight is 325 g/mol. The number of ether oxygens (including phenoxy) is 1. The van der Waals surface area contributed by atoms with Crippen LogP contribution in [-0.2, 0) is 16.6 Å². The van der Waals surface area contributed by atoms with Gasteiger partial charge in [0.25, 0.3) is 0 Å². The number of hydrogen-bond acceptors (Lipinski definition) is 5. The quantitative estimate of drug-likeness (QED) is 0.902. The number of rotatable bonds is 4. The standard InChI is InChI=1S/C14H15NO4S2/c16-8-10-7-11(9-20-10)21(17,18)15-13-5-6-19-14-4-2-1-3-12(13)14/h1-4,7,9,13,15-16H,5-6,8H2. The summed E-state index contributed by atoms with van der Waals surface area (Å²) < 4.78 is 33.1. The van der Waals surface area contributed by atoms with Crippen LogP contribution in [0.5, 0.6) is 5.75 Å². The average Bonchev–Trinajstić information content (AvgIpc) is 2.97. The fraction of sp³-hybridized carbons (Fsp3) is 0.286. The molecule has 0 saturated heterocycles. The minimum atomic E-state index is -3.60. The third-order valence-corrected chi connectivity index (χ3v) is 5.87. The van der Waals surface area contributed by atoms with E-state index < -0.39 is 10.0 Å². The van der Waals surface area contributed by atoms with Gasteiger partial charge in [0.1, 0.15) is 5.75 Å². The van der Waals surface area contributed by atoms with Crippen LogP contribution in [0.25, 0.3) is 0 Å². The fourth-order valence-electron chi connectivity index (χ4n) is 2.30. The molecule has 1 atom stereocenters. The number of fused-ring (bicyclic) bond motifs is 1. The number of nitrogens with one attached hydrogen (secondary N) is 1. The van der Waals surface area contributed by atoms with Crippen molar-refractivity contribution in [3.63, 3.8) is 0 Å². The van der Waals surface area contributed by atoms with E-state index in [4.69, 9.17) is 9.84 Å². The van der Waals surface area contributed by atoms with Crippen LogP contribution >= 0.6 is 11.3 Å². The van der Waals surface area contributed by atoms with Crippen molar-refractivity contribution in [1.29, 1.82) is 0 Å². The molecule has 0 spiro atoms. The number of aliphatic hydroxyl groups is 1. The van der Waals surface area contributed by atoms with Crippen LogP contribution in [0.15, 0.2) is 40.6 Å². The normalized spacial score (nSPS) is 18.0. The van der Waals surface area contributed by atoms with Gasteiger partial charge in [-0.05, 0) is 12.1 Å². The second-order valence-corrected chi connectivity index (χ2v) is 7.47. The Hall–Kier alpha value is -1.41. The molecular formula is C14H15NO4S2. The van der Waals surface area contributed by atoms with Crippen LogP contribution < -0.4 is 9.46 Å². The number of para-hydroxylation sites is 1. The summed E-state index contributed by atoms with van der Waals surface area (Å²) in [7, 11) is -3.60. The Labute approximate surface area is 127 Å². The monoisotopic (exact) mass is 325 g/mol. The van der Waals surface area contributed by atoms with Gasteiger partial charge in [0.15, 0.2) is 0 Å². The smallest absolute Gasteiger partial charge is 0.241 e. The van der Waals surface area contributed by atoms with Crippen molar-refractivity contribution >= 4 is 21.4 Å². The summed E-state index contributed by atoms with van der Waals surface area (Å²) in [5, 5.41) is 10.6. The van der Waals surface area contributed by atoms with Gasteiger partial charge in [0.2, 0.25) is 10.0 Å². The maximum atomic E-state index is 12.4. The Morgan fingerprint density at radius 1 is 1.38 bits per heavy atom.